The van der Waals surface area contributed by atoms with E-state index in [1.54, 1.807) is 0 Å². The van der Waals surface area contributed by atoms with Crippen molar-refractivity contribution in [1.82, 2.24) is 0 Å². The van der Waals surface area contributed by atoms with Gasteiger partial charge in [-0.1, -0.05) is 0 Å². The number of carbonyl (C=O) groups excluding carboxylic acids is 1. The molecule has 21 heavy (non-hydrogen) atoms. The van der Waals surface area contributed by atoms with Crippen molar-refractivity contribution in [2.24, 2.45) is 0 Å². The predicted octanol–water partition coefficient (Wildman–Crippen LogP) is 2.51. The molecule has 0 spiro atoms. The fourth-order valence-corrected chi connectivity index (χ4v) is 1.70. The average molecular weight is 294 g/mol. The van der Waals surface area contributed by atoms with Gasteiger partial charge in [0, 0.05) is 0 Å². The van der Waals surface area contributed by atoms with Crippen molar-refractivity contribution in [3.63, 3.8) is 0 Å². The van der Waals surface area contributed by atoms with Gasteiger partial charge in [-0.2, -0.15) is 0 Å². The van der Waals surface area contributed by atoms with Crippen LogP contribution in [0.25, 0.3) is 0 Å². The standard InChI is InChI=1S/C14H12F2N2O3/c1-21-7-2-5-11(19)8(6-7)14(20)18-13-10(17)4-3-9(15)12(13)16/h2-6,19H,17H2,1H3,(H,18,20). The zero-order chi connectivity index (χ0) is 15.6. The molecule has 5 nitrogen and oxygen atoms in total. The molecule has 0 saturated heterocycles. The number of halogens is 2. The van der Waals surface area contributed by atoms with E-state index in [9.17, 15) is 18.7 Å². The monoisotopic (exact) mass is 294 g/mol. The van der Waals surface area contributed by atoms with Gasteiger partial charge in [-0.25, -0.2) is 8.78 Å². The highest BCUT2D eigenvalue weighted by atomic mass is 19.2. The van der Waals surface area contributed by atoms with Crippen molar-refractivity contribution in [2.75, 3.05) is 18.2 Å². The summed E-state index contributed by atoms with van der Waals surface area (Å²) < 4.78 is 31.7. The van der Waals surface area contributed by atoms with Crippen LogP contribution in [-0.4, -0.2) is 18.1 Å². The SMILES string of the molecule is COc1ccc(O)c(C(=O)Nc2c(N)ccc(F)c2F)c1. The molecule has 2 aromatic carbocycles. The highest BCUT2D eigenvalue weighted by Crippen LogP contribution is 2.28. The van der Waals surface area contributed by atoms with E-state index < -0.39 is 23.2 Å². The minimum absolute atomic E-state index is 0.135. The van der Waals surface area contributed by atoms with E-state index in [1.807, 2.05) is 0 Å². The maximum absolute atomic E-state index is 13.6. The largest absolute Gasteiger partial charge is 0.507 e. The van der Waals surface area contributed by atoms with Crippen LogP contribution in [0.15, 0.2) is 30.3 Å². The van der Waals surface area contributed by atoms with Gasteiger partial charge in [0.25, 0.3) is 5.91 Å². The maximum atomic E-state index is 13.6. The minimum atomic E-state index is -1.27. The number of nitrogens with two attached hydrogens (primary N) is 1. The fraction of sp³-hybridized carbons (Fsp3) is 0.0714. The number of rotatable bonds is 3. The number of carbonyl (C=O) groups is 1. The number of anilines is 2. The van der Waals surface area contributed by atoms with Crippen molar-refractivity contribution in [1.29, 1.82) is 0 Å². The Kier molecular flexibility index (Phi) is 3.93. The van der Waals surface area contributed by atoms with Gasteiger partial charge in [0.2, 0.25) is 0 Å². The Morgan fingerprint density at radius 1 is 1.29 bits per heavy atom. The van der Waals surface area contributed by atoms with Gasteiger partial charge in [0.05, 0.1) is 18.4 Å². The number of hydrogen-bond donors (Lipinski definition) is 3. The van der Waals surface area contributed by atoms with Gasteiger partial charge in [-0.15, -0.1) is 0 Å². The van der Waals surface area contributed by atoms with Crippen molar-refractivity contribution < 1.29 is 23.4 Å². The Morgan fingerprint density at radius 3 is 2.67 bits per heavy atom. The molecule has 2 aromatic rings. The lowest BCUT2D eigenvalue weighted by Gasteiger charge is -2.11. The molecule has 110 valence electrons. The number of amides is 1. The number of benzene rings is 2. The first-order valence-electron chi connectivity index (χ1n) is 5.86. The maximum Gasteiger partial charge on any atom is 0.259 e. The van der Waals surface area contributed by atoms with Crippen molar-refractivity contribution in [3.8, 4) is 11.5 Å². The zero-order valence-electron chi connectivity index (χ0n) is 11.0. The molecule has 0 aliphatic carbocycles. The van der Waals surface area contributed by atoms with Crippen molar-refractivity contribution in [3.05, 3.63) is 47.5 Å². The fourth-order valence-electron chi connectivity index (χ4n) is 1.70. The molecule has 0 aromatic heterocycles. The summed E-state index contributed by atoms with van der Waals surface area (Å²) in [7, 11) is 1.39. The van der Waals surface area contributed by atoms with Gasteiger partial charge < -0.3 is 20.9 Å². The van der Waals surface area contributed by atoms with E-state index in [0.29, 0.717) is 5.75 Å². The predicted molar refractivity (Wildman–Crippen MR) is 73.4 cm³/mol. The Bertz CT molecular complexity index is 705. The number of phenols is 1. The summed E-state index contributed by atoms with van der Waals surface area (Å²) in [5.74, 6) is -3.27. The van der Waals surface area contributed by atoms with Gasteiger partial charge >= 0.3 is 0 Å². The summed E-state index contributed by atoms with van der Waals surface area (Å²) in [6.45, 7) is 0. The molecular formula is C14H12F2N2O3. The Balaban J connectivity index is 2.37. The zero-order valence-corrected chi connectivity index (χ0v) is 11.0. The molecule has 0 fully saturated rings. The van der Waals surface area contributed by atoms with E-state index in [0.717, 1.165) is 12.1 Å². The number of methoxy groups -OCH3 is 1. The third kappa shape index (κ3) is 2.86. The Hall–Kier alpha value is -2.83. The van der Waals surface area contributed by atoms with Crippen LogP contribution in [0.3, 0.4) is 0 Å². The molecule has 0 radical (unpaired) electrons. The number of phenolic OH excluding ortho intramolecular Hbond substituents is 1. The first-order chi connectivity index (χ1) is 9.93. The number of hydrogen-bond acceptors (Lipinski definition) is 4. The third-order valence-corrected chi connectivity index (χ3v) is 2.81. The summed E-state index contributed by atoms with van der Waals surface area (Å²) in [5.41, 5.74) is 4.73. The molecular weight excluding hydrogens is 282 g/mol. The lowest BCUT2D eigenvalue weighted by Crippen LogP contribution is -2.15. The van der Waals surface area contributed by atoms with E-state index in [2.05, 4.69) is 5.32 Å². The summed E-state index contributed by atoms with van der Waals surface area (Å²) in [5, 5.41) is 11.8. The van der Waals surface area contributed by atoms with Gasteiger partial charge in [-0.3, -0.25) is 4.79 Å². The van der Waals surface area contributed by atoms with Crippen LogP contribution in [-0.2, 0) is 0 Å². The second-order valence-electron chi connectivity index (χ2n) is 4.16. The smallest absolute Gasteiger partial charge is 0.259 e. The molecule has 0 atom stereocenters. The highest BCUT2D eigenvalue weighted by Gasteiger charge is 2.18. The van der Waals surface area contributed by atoms with E-state index >= 15 is 0 Å². The third-order valence-electron chi connectivity index (χ3n) is 2.81. The van der Waals surface area contributed by atoms with E-state index in [4.69, 9.17) is 10.5 Å². The molecule has 0 heterocycles. The van der Waals surface area contributed by atoms with Crippen molar-refractivity contribution >= 4 is 17.3 Å². The molecule has 0 bridgehead atoms. The van der Waals surface area contributed by atoms with Gasteiger partial charge in [0.1, 0.15) is 17.2 Å². The molecule has 0 saturated carbocycles. The van der Waals surface area contributed by atoms with Crippen LogP contribution < -0.4 is 15.8 Å². The minimum Gasteiger partial charge on any atom is -0.507 e. The summed E-state index contributed by atoms with van der Waals surface area (Å²) in [6.07, 6.45) is 0. The number of nitrogens with one attached hydrogen (secondary N) is 1. The molecule has 2 rings (SSSR count). The van der Waals surface area contributed by atoms with Crippen LogP contribution in [0, 0.1) is 11.6 Å². The second kappa shape index (κ2) is 5.66. The highest BCUT2D eigenvalue weighted by molar-refractivity contribution is 6.07. The Labute approximate surface area is 119 Å². The van der Waals surface area contributed by atoms with E-state index in [1.165, 1.54) is 25.3 Å². The number of nitrogen functional groups attached to an aromatic ring is 1. The summed E-state index contributed by atoms with van der Waals surface area (Å²) in [6, 6.07) is 5.93. The molecule has 0 aliphatic rings. The summed E-state index contributed by atoms with van der Waals surface area (Å²) in [4.78, 5) is 12.0. The van der Waals surface area contributed by atoms with Crippen LogP contribution in [0.2, 0.25) is 0 Å². The lowest BCUT2D eigenvalue weighted by molar-refractivity contribution is 0.102. The van der Waals surface area contributed by atoms with E-state index in [-0.39, 0.29) is 17.0 Å². The average Bonchev–Trinajstić information content (AvgIpc) is 2.48. The molecule has 7 heteroatoms. The van der Waals surface area contributed by atoms with Crippen molar-refractivity contribution in [2.45, 2.75) is 0 Å². The first kappa shape index (κ1) is 14.6. The number of aromatic hydroxyl groups is 1. The van der Waals surface area contributed by atoms with Crippen LogP contribution in [0.4, 0.5) is 20.2 Å². The first-order valence-corrected chi connectivity index (χ1v) is 5.86. The number of ether oxygens (including phenoxy) is 1. The molecule has 1 amide bonds. The van der Waals surface area contributed by atoms with Crippen LogP contribution in [0.5, 0.6) is 11.5 Å². The summed E-state index contributed by atoms with van der Waals surface area (Å²) >= 11 is 0. The quantitative estimate of drug-likeness (QED) is 0.759. The lowest BCUT2D eigenvalue weighted by atomic mass is 10.1. The second-order valence-corrected chi connectivity index (χ2v) is 4.16. The topological polar surface area (TPSA) is 84.6 Å². The normalized spacial score (nSPS) is 10.2. The van der Waals surface area contributed by atoms with Gasteiger partial charge in [0.15, 0.2) is 11.6 Å². The van der Waals surface area contributed by atoms with Crippen LogP contribution >= 0.6 is 0 Å². The molecule has 0 unspecified atom stereocenters. The molecule has 4 N–H and O–H groups in total. The van der Waals surface area contributed by atoms with Crippen LogP contribution in [0.1, 0.15) is 10.4 Å². The molecule has 0 aliphatic heterocycles. The Morgan fingerprint density at radius 2 is 2.00 bits per heavy atom. The van der Waals surface area contributed by atoms with Gasteiger partial charge in [-0.05, 0) is 30.3 Å².